The molecule has 0 aromatic heterocycles. The molecule has 0 amide bonds. The Morgan fingerprint density at radius 3 is 2.50 bits per heavy atom. The van der Waals surface area contributed by atoms with E-state index in [1.165, 1.54) is 32.0 Å². The Hall–Kier alpha value is -0.410. The van der Waals surface area contributed by atoms with Gasteiger partial charge in [0.25, 0.3) is 0 Å². The Bertz CT molecular complexity index is 230. The van der Waals surface area contributed by atoms with Gasteiger partial charge in [-0.1, -0.05) is 12.8 Å². The van der Waals surface area contributed by atoms with Gasteiger partial charge in [-0.2, -0.15) is 0 Å². The zero-order valence-corrected chi connectivity index (χ0v) is 10.3. The highest BCUT2D eigenvalue weighted by atomic mass is 16.5. The lowest BCUT2D eigenvalue weighted by Crippen LogP contribution is -2.44. The Morgan fingerprint density at radius 2 is 1.94 bits per heavy atom. The minimum absolute atomic E-state index is 0.129. The van der Waals surface area contributed by atoms with E-state index in [0.717, 1.165) is 32.6 Å². The largest absolute Gasteiger partial charge is 0.381 e. The number of hydrogen-bond donors (Lipinski definition) is 0. The molecule has 2 rings (SSSR count). The molecule has 1 aliphatic carbocycles. The summed E-state index contributed by atoms with van der Waals surface area (Å²) in [6.45, 7) is 2.42. The first-order valence-electron chi connectivity index (χ1n) is 6.50. The van der Waals surface area contributed by atoms with Gasteiger partial charge in [-0.3, -0.25) is 0 Å². The topological polar surface area (TPSA) is 29.5 Å². The molecule has 0 spiro atoms. The molecule has 1 saturated carbocycles. The van der Waals surface area contributed by atoms with Gasteiger partial charge in [0.1, 0.15) is 6.29 Å². The number of carbonyl (C=O) groups excluding carboxylic acids is 1. The van der Waals surface area contributed by atoms with Gasteiger partial charge in [0.15, 0.2) is 0 Å². The lowest BCUT2D eigenvalue weighted by molar-refractivity contribution is -0.123. The molecule has 1 aliphatic heterocycles. The van der Waals surface area contributed by atoms with Gasteiger partial charge < -0.3 is 14.4 Å². The smallest absolute Gasteiger partial charge is 0.127 e. The second-order valence-corrected chi connectivity index (χ2v) is 5.45. The normalized spacial score (nSPS) is 26.1. The van der Waals surface area contributed by atoms with Crippen LogP contribution < -0.4 is 0 Å². The number of aldehydes is 1. The predicted molar refractivity (Wildman–Crippen MR) is 63.4 cm³/mol. The van der Waals surface area contributed by atoms with Crippen LogP contribution in [-0.2, 0) is 9.53 Å². The molecule has 0 aromatic rings. The Morgan fingerprint density at radius 1 is 1.31 bits per heavy atom. The lowest BCUT2D eigenvalue weighted by atomic mass is 9.81. The van der Waals surface area contributed by atoms with Crippen molar-refractivity contribution in [2.45, 2.75) is 44.6 Å². The van der Waals surface area contributed by atoms with Crippen LogP contribution in [0.15, 0.2) is 0 Å². The van der Waals surface area contributed by atoms with Crippen molar-refractivity contribution < 1.29 is 9.53 Å². The number of ether oxygens (including phenoxy) is 1. The van der Waals surface area contributed by atoms with Gasteiger partial charge in [-0.25, -0.2) is 0 Å². The fourth-order valence-electron chi connectivity index (χ4n) is 3.06. The summed E-state index contributed by atoms with van der Waals surface area (Å²) in [7, 11) is 2.18. The molecule has 0 N–H and O–H groups in total. The average molecular weight is 225 g/mol. The van der Waals surface area contributed by atoms with E-state index >= 15 is 0 Å². The minimum Gasteiger partial charge on any atom is -0.381 e. The maximum absolute atomic E-state index is 11.4. The first-order chi connectivity index (χ1) is 7.76. The van der Waals surface area contributed by atoms with E-state index in [-0.39, 0.29) is 5.41 Å². The molecule has 16 heavy (non-hydrogen) atoms. The van der Waals surface area contributed by atoms with Crippen LogP contribution in [0.2, 0.25) is 0 Å². The molecule has 0 radical (unpaired) electrons. The molecular weight excluding hydrogens is 202 g/mol. The van der Waals surface area contributed by atoms with E-state index < -0.39 is 0 Å². The molecule has 1 heterocycles. The number of hydrogen-bond acceptors (Lipinski definition) is 3. The van der Waals surface area contributed by atoms with Gasteiger partial charge in [0, 0.05) is 31.2 Å². The van der Waals surface area contributed by atoms with Crippen molar-refractivity contribution in [1.29, 1.82) is 0 Å². The molecule has 0 unspecified atom stereocenters. The Labute approximate surface area is 98.1 Å². The summed E-state index contributed by atoms with van der Waals surface area (Å²) in [6, 6.07) is 0.708. The summed E-state index contributed by atoms with van der Waals surface area (Å²) in [5.74, 6) is 0. The number of carbonyl (C=O) groups is 1. The molecule has 2 aliphatic rings. The minimum atomic E-state index is -0.129. The second-order valence-electron chi connectivity index (χ2n) is 5.45. The maximum atomic E-state index is 11.4. The monoisotopic (exact) mass is 225 g/mol. The molecular formula is C13H23NO2. The molecule has 0 bridgehead atoms. The summed E-state index contributed by atoms with van der Waals surface area (Å²) in [6.07, 6.45) is 8.30. The van der Waals surface area contributed by atoms with E-state index in [1.54, 1.807) is 0 Å². The fourth-order valence-corrected chi connectivity index (χ4v) is 3.06. The van der Waals surface area contributed by atoms with Crippen LogP contribution in [0.5, 0.6) is 0 Å². The van der Waals surface area contributed by atoms with Crippen molar-refractivity contribution in [2.75, 3.05) is 26.8 Å². The van der Waals surface area contributed by atoms with Crippen molar-refractivity contribution in [1.82, 2.24) is 4.90 Å². The van der Waals surface area contributed by atoms with Crippen LogP contribution in [0.3, 0.4) is 0 Å². The van der Waals surface area contributed by atoms with E-state index in [0.29, 0.717) is 6.04 Å². The van der Waals surface area contributed by atoms with Crippen LogP contribution in [0.1, 0.15) is 38.5 Å². The quantitative estimate of drug-likeness (QED) is 0.684. The summed E-state index contributed by atoms with van der Waals surface area (Å²) >= 11 is 0. The predicted octanol–water partition coefficient (Wildman–Crippen LogP) is 1.86. The highest BCUT2D eigenvalue weighted by Crippen LogP contribution is 2.31. The van der Waals surface area contributed by atoms with Crippen molar-refractivity contribution in [3.05, 3.63) is 0 Å². The fraction of sp³-hybridized carbons (Fsp3) is 0.923. The summed E-state index contributed by atoms with van der Waals surface area (Å²) < 4.78 is 5.36. The SMILES string of the molecule is CN(CC1(C=O)CCOCC1)C1CCCC1. The van der Waals surface area contributed by atoms with Gasteiger partial charge in [0.2, 0.25) is 0 Å². The summed E-state index contributed by atoms with van der Waals surface area (Å²) in [5.41, 5.74) is -0.129. The van der Waals surface area contributed by atoms with Crippen molar-refractivity contribution in [3.63, 3.8) is 0 Å². The van der Waals surface area contributed by atoms with E-state index in [9.17, 15) is 4.79 Å². The first kappa shape index (κ1) is 12.1. The van der Waals surface area contributed by atoms with E-state index in [1.807, 2.05) is 0 Å². The maximum Gasteiger partial charge on any atom is 0.127 e. The van der Waals surface area contributed by atoms with Gasteiger partial charge in [-0.05, 0) is 32.7 Å². The zero-order valence-electron chi connectivity index (χ0n) is 10.3. The van der Waals surface area contributed by atoms with Gasteiger partial charge in [-0.15, -0.1) is 0 Å². The standard InChI is InChI=1S/C13H23NO2/c1-14(12-4-2-3-5-12)10-13(11-15)6-8-16-9-7-13/h11-12H,2-10H2,1H3. The molecule has 3 heteroatoms. The molecule has 92 valence electrons. The molecule has 2 fully saturated rings. The third-order valence-electron chi connectivity index (χ3n) is 4.25. The molecule has 3 nitrogen and oxygen atoms in total. The summed E-state index contributed by atoms with van der Waals surface area (Å²) in [4.78, 5) is 13.8. The third kappa shape index (κ3) is 2.64. The first-order valence-corrected chi connectivity index (χ1v) is 6.50. The van der Waals surface area contributed by atoms with E-state index in [2.05, 4.69) is 11.9 Å². The Balaban J connectivity index is 1.91. The van der Waals surface area contributed by atoms with Gasteiger partial charge in [0.05, 0.1) is 0 Å². The second kappa shape index (κ2) is 5.28. The van der Waals surface area contributed by atoms with Crippen LogP contribution in [-0.4, -0.2) is 44.0 Å². The lowest BCUT2D eigenvalue weighted by Gasteiger charge is -2.37. The molecule has 1 saturated heterocycles. The summed E-state index contributed by atoms with van der Waals surface area (Å²) in [5, 5.41) is 0. The number of nitrogens with zero attached hydrogens (tertiary/aromatic N) is 1. The molecule has 0 aromatic carbocycles. The molecule has 0 atom stereocenters. The van der Waals surface area contributed by atoms with Crippen molar-refractivity contribution in [3.8, 4) is 0 Å². The Kier molecular flexibility index (Phi) is 3.98. The van der Waals surface area contributed by atoms with Crippen LogP contribution in [0.4, 0.5) is 0 Å². The van der Waals surface area contributed by atoms with Crippen LogP contribution in [0, 0.1) is 5.41 Å². The van der Waals surface area contributed by atoms with E-state index in [4.69, 9.17) is 4.74 Å². The highest BCUT2D eigenvalue weighted by molar-refractivity contribution is 5.60. The highest BCUT2D eigenvalue weighted by Gasteiger charge is 2.35. The van der Waals surface area contributed by atoms with Crippen molar-refractivity contribution >= 4 is 6.29 Å². The number of rotatable bonds is 4. The van der Waals surface area contributed by atoms with Gasteiger partial charge >= 0.3 is 0 Å². The third-order valence-corrected chi connectivity index (χ3v) is 4.25. The average Bonchev–Trinajstić information content (AvgIpc) is 2.84. The van der Waals surface area contributed by atoms with Crippen LogP contribution >= 0.6 is 0 Å². The zero-order chi connectivity index (χ0) is 11.4. The van der Waals surface area contributed by atoms with Crippen molar-refractivity contribution in [2.24, 2.45) is 5.41 Å². The van der Waals surface area contributed by atoms with Crippen LogP contribution in [0.25, 0.3) is 0 Å².